The number of carbonyl (C=O) groups is 1. The van der Waals surface area contributed by atoms with Crippen LogP contribution in [-0.4, -0.2) is 12.5 Å². The summed E-state index contributed by atoms with van der Waals surface area (Å²) in [5, 5.41) is 3.49. The third-order valence-electron chi connectivity index (χ3n) is 4.19. The minimum atomic E-state index is -0.108. The highest BCUT2D eigenvalue weighted by molar-refractivity contribution is 6.34. The SMILES string of the molecule is Nc1ccc(Cl)c(C(=O)NCC(C2CC2)C2CC2)c1. The fraction of sp³-hybridized carbons (Fsp3) is 0.533. The zero-order chi connectivity index (χ0) is 13.4. The summed E-state index contributed by atoms with van der Waals surface area (Å²) >= 11 is 6.04. The number of nitrogens with one attached hydrogen (secondary N) is 1. The molecule has 0 unspecified atom stereocenters. The quantitative estimate of drug-likeness (QED) is 0.813. The Morgan fingerprint density at radius 1 is 1.32 bits per heavy atom. The Morgan fingerprint density at radius 2 is 1.95 bits per heavy atom. The van der Waals surface area contributed by atoms with Gasteiger partial charge in [-0.1, -0.05) is 11.6 Å². The van der Waals surface area contributed by atoms with Crippen LogP contribution in [-0.2, 0) is 0 Å². The first kappa shape index (κ1) is 12.8. The second-order valence-corrected chi connectivity index (χ2v) is 6.20. The van der Waals surface area contributed by atoms with Crippen LogP contribution >= 0.6 is 11.6 Å². The molecule has 3 nitrogen and oxygen atoms in total. The van der Waals surface area contributed by atoms with Crippen LogP contribution in [0, 0.1) is 17.8 Å². The summed E-state index contributed by atoms with van der Waals surface area (Å²) < 4.78 is 0. The fourth-order valence-corrected chi connectivity index (χ4v) is 2.99. The van der Waals surface area contributed by atoms with Crippen LogP contribution in [0.3, 0.4) is 0 Å². The number of benzene rings is 1. The lowest BCUT2D eigenvalue weighted by atomic mass is 9.98. The standard InChI is InChI=1S/C15H19ClN2O/c16-14-6-5-11(17)7-12(14)15(19)18-8-13(9-1-2-9)10-3-4-10/h5-7,9-10,13H,1-4,8,17H2,(H,18,19). The van der Waals surface area contributed by atoms with Crippen molar-refractivity contribution in [1.29, 1.82) is 0 Å². The number of anilines is 1. The van der Waals surface area contributed by atoms with E-state index in [1.165, 1.54) is 25.7 Å². The molecule has 2 aliphatic rings. The molecule has 19 heavy (non-hydrogen) atoms. The van der Waals surface area contributed by atoms with E-state index in [4.69, 9.17) is 17.3 Å². The monoisotopic (exact) mass is 278 g/mol. The third-order valence-corrected chi connectivity index (χ3v) is 4.52. The predicted molar refractivity (Wildman–Crippen MR) is 77.1 cm³/mol. The molecular weight excluding hydrogens is 260 g/mol. The molecule has 4 heteroatoms. The van der Waals surface area contributed by atoms with Crippen LogP contribution in [0.5, 0.6) is 0 Å². The smallest absolute Gasteiger partial charge is 0.252 e. The van der Waals surface area contributed by atoms with Crippen molar-refractivity contribution < 1.29 is 4.79 Å². The van der Waals surface area contributed by atoms with Crippen LogP contribution in [0.4, 0.5) is 5.69 Å². The van der Waals surface area contributed by atoms with Crippen molar-refractivity contribution in [2.75, 3.05) is 12.3 Å². The van der Waals surface area contributed by atoms with Gasteiger partial charge < -0.3 is 11.1 Å². The first-order valence-electron chi connectivity index (χ1n) is 6.98. The Kier molecular flexibility index (Phi) is 3.40. The maximum atomic E-state index is 12.2. The Labute approximate surface area is 118 Å². The lowest BCUT2D eigenvalue weighted by Gasteiger charge is -2.16. The van der Waals surface area contributed by atoms with Crippen LogP contribution in [0.15, 0.2) is 18.2 Å². The second kappa shape index (κ2) is 5.04. The maximum Gasteiger partial charge on any atom is 0.252 e. The maximum absolute atomic E-state index is 12.2. The molecule has 0 aromatic heterocycles. The number of hydrogen-bond donors (Lipinski definition) is 2. The number of carbonyl (C=O) groups excluding carboxylic acids is 1. The molecule has 0 heterocycles. The molecule has 0 aliphatic heterocycles. The van der Waals surface area contributed by atoms with Crippen molar-refractivity contribution in [3.05, 3.63) is 28.8 Å². The normalized spacial score (nSPS) is 18.6. The minimum Gasteiger partial charge on any atom is -0.399 e. The molecule has 2 saturated carbocycles. The molecule has 2 aliphatic carbocycles. The van der Waals surface area contributed by atoms with Crippen LogP contribution in [0.2, 0.25) is 5.02 Å². The van der Waals surface area contributed by atoms with E-state index in [1.54, 1.807) is 18.2 Å². The highest BCUT2D eigenvalue weighted by Gasteiger charge is 2.41. The number of halogens is 1. The van der Waals surface area contributed by atoms with E-state index in [2.05, 4.69) is 5.32 Å². The average molecular weight is 279 g/mol. The molecule has 0 spiro atoms. The molecule has 0 bridgehead atoms. The summed E-state index contributed by atoms with van der Waals surface area (Å²) in [5.74, 6) is 2.24. The molecule has 1 aromatic carbocycles. The van der Waals surface area contributed by atoms with Crippen LogP contribution < -0.4 is 11.1 Å². The summed E-state index contributed by atoms with van der Waals surface area (Å²) in [6, 6.07) is 5.02. The molecule has 3 N–H and O–H groups in total. The Morgan fingerprint density at radius 3 is 2.53 bits per heavy atom. The highest BCUT2D eigenvalue weighted by atomic mass is 35.5. The molecule has 0 saturated heterocycles. The highest BCUT2D eigenvalue weighted by Crippen LogP contribution is 2.48. The lowest BCUT2D eigenvalue weighted by molar-refractivity contribution is 0.0943. The molecule has 0 atom stereocenters. The van der Waals surface area contributed by atoms with Crippen molar-refractivity contribution in [2.45, 2.75) is 25.7 Å². The molecule has 1 aromatic rings. The van der Waals surface area contributed by atoms with Gasteiger partial charge >= 0.3 is 0 Å². The van der Waals surface area contributed by atoms with E-state index in [0.717, 1.165) is 18.4 Å². The molecular formula is C15H19ClN2O. The van der Waals surface area contributed by atoms with Crippen molar-refractivity contribution in [1.82, 2.24) is 5.32 Å². The number of amides is 1. The first-order chi connectivity index (χ1) is 9.15. The molecule has 3 rings (SSSR count). The van der Waals surface area contributed by atoms with Gasteiger partial charge in [0.1, 0.15) is 0 Å². The van der Waals surface area contributed by atoms with Crippen LogP contribution in [0.1, 0.15) is 36.0 Å². The Balaban J connectivity index is 1.62. The summed E-state index contributed by atoms with van der Waals surface area (Å²) in [5.41, 5.74) is 6.74. The van der Waals surface area contributed by atoms with Gasteiger partial charge in [0, 0.05) is 12.2 Å². The Bertz CT molecular complexity index is 483. The fourth-order valence-electron chi connectivity index (χ4n) is 2.79. The van der Waals surface area contributed by atoms with Gasteiger partial charge in [-0.15, -0.1) is 0 Å². The van der Waals surface area contributed by atoms with E-state index >= 15 is 0 Å². The first-order valence-corrected chi connectivity index (χ1v) is 7.36. The van der Waals surface area contributed by atoms with Gasteiger partial charge in [0.05, 0.1) is 10.6 Å². The van der Waals surface area contributed by atoms with E-state index in [-0.39, 0.29) is 5.91 Å². The summed E-state index contributed by atoms with van der Waals surface area (Å²) in [7, 11) is 0. The van der Waals surface area contributed by atoms with Crippen molar-refractivity contribution in [3.63, 3.8) is 0 Å². The molecule has 2 fully saturated rings. The molecule has 1 amide bonds. The van der Waals surface area contributed by atoms with Crippen molar-refractivity contribution in [2.24, 2.45) is 17.8 Å². The van der Waals surface area contributed by atoms with Crippen molar-refractivity contribution in [3.8, 4) is 0 Å². The number of rotatable bonds is 5. The second-order valence-electron chi connectivity index (χ2n) is 5.79. The van der Waals surface area contributed by atoms with E-state index in [9.17, 15) is 4.79 Å². The van der Waals surface area contributed by atoms with E-state index in [1.807, 2.05) is 0 Å². The van der Waals surface area contributed by atoms with Crippen LogP contribution in [0.25, 0.3) is 0 Å². The topological polar surface area (TPSA) is 55.1 Å². The van der Waals surface area contributed by atoms with Gasteiger partial charge in [-0.25, -0.2) is 0 Å². The molecule has 102 valence electrons. The largest absolute Gasteiger partial charge is 0.399 e. The number of hydrogen-bond acceptors (Lipinski definition) is 2. The minimum absolute atomic E-state index is 0.108. The summed E-state index contributed by atoms with van der Waals surface area (Å²) in [6.45, 7) is 0.777. The predicted octanol–water partition coefficient (Wildman–Crippen LogP) is 3.09. The number of nitrogens with two attached hydrogens (primary N) is 1. The zero-order valence-corrected chi connectivity index (χ0v) is 11.6. The van der Waals surface area contributed by atoms with Gasteiger partial charge in [0.2, 0.25) is 0 Å². The average Bonchev–Trinajstić information content (AvgIpc) is 3.25. The lowest BCUT2D eigenvalue weighted by Crippen LogP contribution is -2.31. The summed E-state index contributed by atoms with van der Waals surface area (Å²) in [4.78, 5) is 12.2. The zero-order valence-electron chi connectivity index (χ0n) is 10.9. The Hall–Kier alpha value is -1.22. The number of nitrogen functional groups attached to an aromatic ring is 1. The van der Waals surface area contributed by atoms with Gasteiger partial charge in [-0.3, -0.25) is 4.79 Å². The van der Waals surface area contributed by atoms with E-state index in [0.29, 0.717) is 22.2 Å². The van der Waals surface area contributed by atoms with Gasteiger partial charge in [-0.2, -0.15) is 0 Å². The van der Waals surface area contributed by atoms with Crippen molar-refractivity contribution >= 4 is 23.2 Å². The van der Waals surface area contributed by atoms with E-state index < -0.39 is 0 Å². The van der Waals surface area contributed by atoms with Gasteiger partial charge in [-0.05, 0) is 61.6 Å². The third kappa shape index (κ3) is 3.03. The van der Waals surface area contributed by atoms with Gasteiger partial charge in [0.25, 0.3) is 5.91 Å². The van der Waals surface area contributed by atoms with Gasteiger partial charge in [0.15, 0.2) is 0 Å². The summed E-state index contributed by atoms with van der Waals surface area (Å²) in [6.07, 6.45) is 5.32. The molecule has 0 radical (unpaired) electrons.